The van der Waals surface area contributed by atoms with Gasteiger partial charge in [0.25, 0.3) is 0 Å². The van der Waals surface area contributed by atoms with E-state index in [1.54, 1.807) is 0 Å². The second kappa shape index (κ2) is 4.79. The monoisotopic (exact) mass is 261 g/mol. The van der Waals surface area contributed by atoms with Gasteiger partial charge in [0.15, 0.2) is 5.82 Å². The van der Waals surface area contributed by atoms with Gasteiger partial charge in [-0.25, -0.2) is 9.97 Å². The van der Waals surface area contributed by atoms with Gasteiger partial charge in [0, 0.05) is 31.4 Å². The molecule has 0 amide bonds. The van der Waals surface area contributed by atoms with Crippen LogP contribution in [0.25, 0.3) is 11.0 Å². The van der Waals surface area contributed by atoms with Crippen molar-refractivity contribution in [1.82, 2.24) is 19.9 Å². The number of nitrogens with zero attached hydrogens (tertiary/aromatic N) is 3. The van der Waals surface area contributed by atoms with E-state index in [4.69, 9.17) is 5.73 Å². The maximum Gasteiger partial charge on any atom is 0.151 e. The minimum absolute atomic E-state index is 0.213. The van der Waals surface area contributed by atoms with Crippen molar-refractivity contribution < 1.29 is 5.11 Å². The van der Waals surface area contributed by atoms with E-state index in [1.165, 1.54) is 6.33 Å². The highest BCUT2D eigenvalue weighted by atomic mass is 16.3. The van der Waals surface area contributed by atoms with Crippen LogP contribution in [0.15, 0.2) is 12.5 Å². The van der Waals surface area contributed by atoms with Crippen molar-refractivity contribution >= 4 is 16.9 Å². The first-order valence-electron chi connectivity index (χ1n) is 6.66. The summed E-state index contributed by atoms with van der Waals surface area (Å²) in [6.45, 7) is 4.57. The van der Waals surface area contributed by atoms with Crippen molar-refractivity contribution in [2.24, 2.45) is 5.92 Å². The number of hydrogen-bond donors (Lipinski definition) is 3. The van der Waals surface area contributed by atoms with Crippen LogP contribution in [0.5, 0.6) is 0 Å². The van der Waals surface area contributed by atoms with Crippen LogP contribution in [0.1, 0.15) is 18.9 Å². The molecule has 1 aliphatic heterocycles. The molecule has 0 unspecified atom stereocenters. The van der Waals surface area contributed by atoms with Gasteiger partial charge in [0.05, 0.1) is 11.6 Å². The quantitative estimate of drug-likeness (QED) is 0.758. The summed E-state index contributed by atoms with van der Waals surface area (Å²) in [5.74, 6) is 0.856. The van der Waals surface area contributed by atoms with Crippen LogP contribution in [0, 0.1) is 5.92 Å². The molecular formula is C13H19N5O. The zero-order valence-electron chi connectivity index (χ0n) is 11.0. The average Bonchev–Trinajstić information content (AvgIpc) is 2.95. The van der Waals surface area contributed by atoms with Crippen molar-refractivity contribution in [2.75, 3.05) is 18.8 Å². The Labute approximate surface area is 111 Å². The van der Waals surface area contributed by atoms with Crippen molar-refractivity contribution in [3.8, 4) is 0 Å². The lowest BCUT2D eigenvalue weighted by atomic mass is 10.0. The standard InChI is InChI=1S/C13H19N5O/c1-2-8-4-18(6-10(8)19)5-9-3-15-12-11(9)16-7-17-13(12)14/h3,7-8,10,15,19H,2,4-6H2,1H3,(H2,14,16,17)/t8-,10+/m1/s1. The van der Waals surface area contributed by atoms with Gasteiger partial charge in [-0.1, -0.05) is 6.92 Å². The normalized spacial score (nSPS) is 24.3. The fraction of sp³-hybridized carbons (Fsp3) is 0.538. The van der Waals surface area contributed by atoms with Crippen molar-refractivity contribution in [3.63, 3.8) is 0 Å². The summed E-state index contributed by atoms with van der Waals surface area (Å²) in [6, 6.07) is 0. The van der Waals surface area contributed by atoms with Crippen LogP contribution in [0.4, 0.5) is 5.82 Å². The van der Waals surface area contributed by atoms with Gasteiger partial charge >= 0.3 is 0 Å². The van der Waals surface area contributed by atoms with E-state index in [2.05, 4.69) is 26.8 Å². The van der Waals surface area contributed by atoms with Gasteiger partial charge in [-0.3, -0.25) is 4.90 Å². The molecule has 6 nitrogen and oxygen atoms in total. The molecule has 2 aromatic rings. The molecule has 6 heteroatoms. The molecule has 0 saturated carbocycles. The molecule has 0 aliphatic carbocycles. The van der Waals surface area contributed by atoms with Gasteiger partial charge in [-0.2, -0.15) is 0 Å². The Morgan fingerprint density at radius 3 is 3.05 bits per heavy atom. The molecule has 0 spiro atoms. The fourth-order valence-electron chi connectivity index (χ4n) is 2.85. The van der Waals surface area contributed by atoms with Gasteiger partial charge in [-0.05, 0) is 12.3 Å². The third-order valence-corrected chi connectivity index (χ3v) is 3.97. The largest absolute Gasteiger partial charge is 0.391 e. The van der Waals surface area contributed by atoms with Crippen LogP contribution < -0.4 is 5.73 Å². The first kappa shape index (κ1) is 12.4. The number of rotatable bonds is 3. The topological polar surface area (TPSA) is 91.1 Å². The Balaban J connectivity index is 1.81. The van der Waals surface area contributed by atoms with E-state index >= 15 is 0 Å². The Hall–Kier alpha value is -1.66. The van der Waals surface area contributed by atoms with Crippen molar-refractivity contribution in [1.29, 1.82) is 0 Å². The summed E-state index contributed by atoms with van der Waals surface area (Å²) in [4.78, 5) is 13.7. The highest BCUT2D eigenvalue weighted by Gasteiger charge is 2.30. The lowest BCUT2D eigenvalue weighted by molar-refractivity contribution is 0.139. The lowest BCUT2D eigenvalue weighted by Crippen LogP contribution is -2.21. The molecule has 3 heterocycles. The number of anilines is 1. The Bertz CT molecular complexity index is 581. The lowest BCUT2D eigenvalue weighted by Gasteiger charge is -2.14. The van der Waals surface area contributed by atoms with E-state index in [1.807, 2.05) is 6.20 Å². The molecule has 0 bridgehead atoms. The third-order valence-electron chi connectivity index (χ3n) is 3.97. The van der Waals surface area contributed by atoms with Gasteiger partial charge in [0.2, 0.25) is 0 Å². The Morgan fingerprint density at radius 1 is 1.47 bits per heavy atom. The molecule has 0 aromatic carbocycles. The molecule has 0 radical (unpaired) electrons. The second-order valence-electron chi connectivity index (χ2n) is 5.23. The molecule has 19 heavy (non-hydrogen) atoms. The van der Waals surface area contributed by atoms with E-state index < -0.39 is 0 Å². The number of nitrogens with two attached hydrogens (primary N) is 1. The average molecular weight is 261 g/mol. The highest BCUT2D eigenvalue weighted by Crippen LogP contribution is 2.25. The van der Waals surface area contributed by atoms with E-state index in [9.17, 15) is 5.11 Å². The molecule has 102 valence electrons. The van der Waals surface area contributed by atoms with Gasteiger partial charge in [-0.15, -0.1) is 0 Å². The minimum atomic E-state index is -0.213. The number of aliphatic hydroxyl groups is 1. The van der Waals surface area contributed by atoms with Crippen LogP contribution >= 0.6 is 0 Å². The van der Waals surface area contributed by atoms with Crippen LogP contribution in [-0.4, -0.2) is 44.2 Å². The van der Waals surface area contributed by atoms with E-state index in [0.29, 0.717) is 11.7 Å². The predicted octanol–water partition coefficient (Wildman–Crippen LogP) is 0.743. The number of aliphatic hydroxyl groups excluding tert-OH is 1. The van der Waals surface area contributed by atoms with Crippen molar-refractivity contribution in [2.45, 2.75) is 26.0 Å². The summed E-state index contributed by atoms with van der Waals surface area (Å²) in [6.07, 6.45) is 4.22. The maximum atomic E-state index is 9.95. The fourth-order valence-corrected chi connectivity index (χ4v) is 2.85. The van der Waals surface area contributed by atoms with E-state index in [-0.39, 0.29) is 6.10 Å². The number of H-pyrrole nitrogens is 1. The highest BCUT2D eigenvalue weighted by molar-refractivity contribution is 5.86. The first-order valence-corrected chi connectivity index (χ1v) is 6.66. The zero-order valence-corrected chi connectivity index (χ0v) is 11.0. The summed E-state index contributed by atoms with van der Waals surface area (Å²) in [7, 11) is 0. The number of aromatic nitrogens is 3. The Morgan fingerprint density at radius 2 is 2.32 bits per heavy atom. The van der Waals surface area contributed by atoms with Crippen LogP contribution in [0.3, 0.4) is 0 Å². The SMILES string of the molecule is CC[C@@H]1CN(Cc2c[nH]c3c(N)ncnc23)C[C@@H]1O. The van der Waals surface area contributed by atoms with Gasteiger partial charge < -0.3 is 15.8 Å². The van der Waals surface area contributed by atoms with Crippen LogP contribution in [-0.2, 0) is 6.54 Å². The molecular weight excluding hydrogens is 242 g/mol. The number of hydrogen-bond acceptors (Lipinski definition) is 5. The third kappa shape index (κ3) is 2.17. The molecule has 1 aliphatic rings. The van der Waals surface area contributed by atoms with E-state index in [0.717, 1.165) is 42.7 Å². The molecule has 1 fully saturated rings. The summed E-state index contributed by atoms with van der Waals surface area (Å²) in [5.41, 5.74) is 8.58. The number of fused-ring (bicyclic) bond motifs is 1. The number of nitrogen functional groups attached to an aromatic ring is 1. The summed E-state index contributed by atoms with van der Waals surface area (Å²) >= 11 is 0. The van der Waals surface area contributed by atoms with Crippen LogP contribution in [0.2, 0.25) is 0 Å². The second-order valence-corrected chi connectivity index (χ2v) is 5.23. The first-order chi connectivity index (χ1) is 9.19. The number of aromatic amines is 1. The molecule has 4 N–H and O–H groups in total. The number of likely N-dealkylation sites (tertiary alicyclic amines) is 1. The number of β-amino-alcohol motifs (C(OH)–C–C–N with tert-alkyl or cyclic N) is 1. The molecule has 2 atom stereocenters. The van der Waals surface area contributed by atoms with Gasteiger partial charge in [0.1, 0.15) is 11.8 Å². The van der Waals surface area contributed by atoms with Crippen molar-refractivity contribution in [3.05, 3.63) is 18.1 Å². The molecule has 3 rings (SSSR count). The predicted molar refractivity (Wildman–Crippen MR) is 73.4 cm³/mol. The smallest absolute Gasteiger partial charge is 0.151 e. The molecule has 2 aromatic heterocycles. The minimum Gasteiger partial charge on any atom is -0.391 e. The Kier molecular flexibility index (Phi) is 3.12. The zero-order chi connectivity index (χ0) is 13.4. The summed E-state index contributed by atoms with van der Waals surface area (Å²) in [5, 5.41) is 9.95. The molecule has 1 saturated heterocycles. The summed E-state index contributed by atoms with van der Waals surface area (Å²) < 4.78 is 0. The maximum absolute atomic E-state index is 9.95. The number of nitrogens with one attached hydrogen (secondary N) is 1.